The minimum Gasteiger partial charge on any atom is -0.349 e. The highest BCUT2D eigenvalue weighted by Gasteiger charge is 2.25. The summed E-state index contributed by atoms with van der Waals surface area (Å²) in [5, 5.41) is 3.68. The third kappa shape index (κ3) is 4.61. The Kier molecular flexibility index (Phi) is 6.72. The van der Waals surface area contributed by atoms with E-state index in [1.54, 1.807) is 36.5 Å². The molecule has 4 rings (SSSR count). The highest BCUT2D eigenvalue weighted by atomic mass is 35.5. The van der Waals surface area contributed by atoms with E-state index < -0.39 is 6.04 Å². The average Bonchev–Trinajstić information content (AvgIpc) is 3.12. The summed E-state index contributed by atoms with van der Waals surface area (Å²) >= 11 is 12.5. The molecule has 1 amide bonds. The molecule has 8 heteroatoms. The van der Waals surface area contributed by atoms with Crippen molar-refractivity contribution in [2.24, 2.45) is 0 Å². The van der Waals surface area contributed by atoms with Crippen LogP contribution in [-0.2, 0) is 17.8 Å². The van der Waals surface area contributed by atoms with Crippen molar-refractivity contribution < 1.29 is 9.18 Å². The Morgan fingerprint density at radius 1 is 1.12 bits per heavy atom. The van der Waals surface area contributed by atoms with Gasteiger partial charge in [-0.05, 0) is 42.3 Å². The predicted octanol–water partition coefficient (Wildman–Crippen LogP) is 5.74. The fraction of sp³-hybridized carbons (Fsp3) is 0.208. The Labute approximate surface area is 195 Å². The Bertz CT molecular complexity index is 1260. The van der Waals surface area contributed by atoms with Gasteiger partial charge in [0.15, 0.2) is 0 Å². The molecule has 5 nitrogen and oxygen atoms in total. The normalized spacial score (nSPS) is 12.1. The minimum atomic E-state index is -0.567. The molecular weight excluding hydrogens is 450 g/mol. The molecule has 0 aliphatic carbocycles. The van der Waals surface area contributed by atoms with Gasteiger partial charge in [0.25, 0.3) is 0 Å². The number of nitrogens with one attached hydrogen (secondary N) is 1. The van der Waals surface area contributed by atoms with Gasteiger partial charge in [0.05, 0.1) is 33.3 Å². The fourth-order valence-corrected chi connectivity index (χ4v) is 4.02. The van der Waals surface area contributed by atoms with Crippen LogP contribution in [0.3, 0.4) is 0 Å². The van der Waals surface area contributed by atoms with Crippen molar-refractivity contribution in [1.82, 2.24) is 19.9 Å². The van der Waals surface area contributed by atoms with Crippen molar-refractivity contribution in [3.63, 3.8) is 0 Å². The van der Waals surface area contributed by atoms with Crippen LogP contribution < -0.4 is 5.32 Å². The summed E-state index contributed by atoms with van der Waals surface area (Å²) < 4.78 is 16.2. The maximum Gasteiger partial charge on any atom is 0.243 e. The van der Waals surface area contributed by atoms with Gasteiger partial charge in [-0.2, -0.15) is 0 Å². The van der Waals surface area contributed by atoms with Crippen LogP contribution in [0.5, 0.6) is 0 Å². The fourth-order valence-electron chi connectivity index (χ4n) is 3.71. The molecule has 0 aliphatic rings. The van der Waals surface area contributed by atoms with E-state index in [1.807, 2.05) is 29.7 Å². The number of pyridine rings is 1. The maximum atomic E-state index is 14.4. The molecule has 0 saturated heterocycles. The van der Waals surface area contributed by atoms with Crippen LogP contribution in [0.1, 0.15) is 36.5 Å². The summed E-state index contributed by atoms with van der Waals surface area (Å²) in [4.78, 5) is 22.1. The van der Waals surface area contributed by atoms with E-state index >= 15 is 0 Å². The molecule has 32 heavy (non-hydrogen) atoms. The van der Waals surface area contributed by atoms with E-state index in [-0.39, 0.29) is 18.1 Å². The van der Waals surface area contributed by atoms with Crippen LogP contribution in [0.2, 0.25) is 10.0 Å². The quantitative estimate of drug-likeness (QED) is 0.374. The number of rotatable bonds is 7. The Hall–Kier alpha value is -2.96. The lowest BCUT2D eigenvalue weighted by molar-refractivity contribution is -0.124. The number of halogens is 3. The van der Waals surface area contributed by atoms with Crippen LogP contribution in [0.25, 0.3) is 11.0 Å². The lowest BCUT2D eigenvalue weighted by atomic mass is 10.1. The Morgan fingerprint density at radius 3 is 2.59 bits per heavy atom. The number of aromatic nitrogens is 3. The van der Waals surface area contributed by atoms with Crippen LogP contribution >= 0.6 is 23.2 Å². The molecule has 2 aromatic heterocycles. The summed E-state index contributed by atoms with van der Waals surface area (Å²) in [6.45, 7) is 2.22. The predicted molar refractivity (Wildman–Crippen MR) is 124 cm³/mol. The second-order valence-electron chi connectivity index (χ2n) is 7.38. The molecule has 2 heterocycles. The van der Waals surface area contributed by atoms with Crippen LogP contribution in [0.4, 0.5) is 4.39 Å². The van der Waals surface area contributed by atoms with E-state index in [0.29, 0.717) is 45.4 Å². The topological polar surface area (TPSA) is 59.8 Å². The smallest absolute Gasteiger partial charge is 0.243 e. The number of imidazole rings is 1. The number of carbonyl (C=O) groups excluding carboxylic acids is 1. The minimum absolute atomic E-state index is 0.182. The van der Waals surface area contributed by atoms with E-state index in [2.05, 4.69) is 15.3 Å². The number of benzene rings is 2. The molecule has 0 aliphatic heterocycles. The standard InChI is InChI=1S/C24H21Cl2FN4O/c1-2-21(24(32)29-14-16-8-5-6-10-28-16)31-22-13-18(26)17(25)12-20(22)30-23(31)11-15-7-3-4-9-19(15)27/h3-10,12-13,21H,2,11,14H2,1H3,(H,29,32)/t21-/m0/s1. The summed E-state index contributed by atoms with van der Waals surface area (Å²) in [5.41, 5.74) is 2.52. The molecule has 0 unspecified atom stereocenters. The summed E-state index contributed by atoms with van der Waals surface area (Å²) in [5.74, 6) is 0.0522. The first-order valence-corrected chi connectivity index (χ1v) is 11.0. The number of hydrogen-bond acceptors (Lipinski definition) is 3. The first-order valence-electron chi connectivity index (χ1n) is 10.2. The van der Waals surface area contributed by atoms with E-state index in [0.717, 1.165) is 5.69 Å². The Morgan fingerprint density at radius 2 is 1.88 bits per heavy atom. The average molecular weight is 471 g/mol. The molecular formula is C24H21Cl2FN4O. The summed E-state index contributed by atoms with van der Waals surface area (Å²) in [7, 11) is 0. The summed E-state index contributed by atoms with van der Waals surface area (Å²) in [6.07, 6.45) is 2.41. The lowest BCUT2D eigenvalue weighted by Gasteiger charge is -2.20. The molecule has 0 fully saturated rings. The van der Waals surface area contributed by atoms with Gasteiger partial charge in [-0.15, -0.1) is 0 Å². The second kappa shape index (κ2) is 9.67. The second-order valence-corrected chi connectivity index (χ2v) is 8.20. The van der Waals surface area contributed by atoms with Gasteiger partial charge in [0.1, 0.15) is 17.7 Å². The zero-order valence-electron chi connectivity index (χ0n) is 17.4. The first kappa shape index (κ1) is 22.2. The highest BCUT2D eigenvalue weighted by molar-refractivity contribution is 6.42. The van der Waals surface area contributed by atoms with E-state index in [9.17, 15) is 9.18 Å². The zero-order chi connectivity index (χ0) is 22.7. The van der Waals surface area contributed by atoms with Crippen molar-refractivity contribution in [3.05, 3.63) is 93.7 Å². The van der Waals surface area contributed by atoms with Crippen molar-refractivity contribution in [3.8, 4) is 0 Å². The Balaban J connectivity index is 1.74. The molecule has 4 aromatic rings. The van der Waals surface area contributed by atoms with Crippen molar-refractivity contribution in [2.45, 2.75) is 32.4 Å². The van der Waals surface area contributed by atoms with E-state index in [4.69, 9.17) is 23.2 Å². The molecule has 164 valence electrons. The third-order valence-electron chi connectivity index (χ3n) is 5.28. The molecule has 0 saturated carbocycles. The maximum absolute atomic E-state index is 14.4. The van der Waals surface area contributed by atoms with Crippen molar-refractivity contribution >= 4 is 40.1 Å². The molecule has 0 radical (unpaired) electrons. The summed E-state index contributed by atoms with van der Waals surface area (Å²) in [6, 6.07) is 14.9. The van der Waals surface area contributed by atoms with E-state index in [1.165, 1.54) is 6.07 Å². The first-order chi connectivity index (χ1) is 15.5. The van der Waals surface area contributed by atoms with Gasteiger partial charge in [-0.25, -0.2) is 9.37 Å². The van der Waals surface area contributed by atoms with Gasteiger partial charge in [-0.3, -0.25) is 9.78 Å². The van der Waals surface area contributed by atoms with Crippen LogP contribution in [0.15, 0.2) is 60.8 Å². The monoisotopic (exact) mass is 470 g/mol. The lowest BCUT2D eigenvalue weighted by Crippen LogP contribution is -2.33. The van der Waals surface area contributed by atoms with Crippen molar-refractivity contribution in [1.29, 1.82) is 0 Å². The highest BCUT2D eigenvalue weighted by Crippen LogP contribution is 2.32. The molecule has 0 spiro atoms. The largest absolute Gasteiger partial charge is 0.349 e. The van der Waals surface area contributed by atoms with Gasteiger partial charge in [-0.1, -0.05) is 54.4 Å². The molecule has 1 N–H and O–H groups in total. The molecule has 2 aromatic carbocycles. The van der Waals surface area contributed by atoms with Gasteiger partial charge in [0.2, 0.25) is 5.91 Å². The van der Waals surface area contributed by atoms with Crippen LogP contribution in [-0.4, -0.2) is 20.4 Å². The molecule has 1 atom stereocenters. The zero-order valence-corrected chi connectivity index (χ0v) is 18.9. The number of hydrogen-bond donors (Lipinski definition) is 1. The van der Waals surface area contributed by atoms with Crippen LogP contribution in [0, 0.1) is 5.82 Å². The van der Waals surface area contributed by atoms with Gasteiger partial charge >= 0.3 is 0 Å². The van der Waals surface area contributed by atoms with Gasteiger partial charge < -0.3 is 9.88 Å². The van der Waals surface area contributed by atoms with Gasteiger partial charge in [0, 0.05) is 12.6 Å². The number of nitrogens with zero attached hydrogens (tertiary/aromatic N) is 3. The number of carbonyl (C=O) groups is 1. The molecule has 0 bridgehead atoms. The number of fused-ring (bicyclic) bond motifs is 1. The third-order valence-corrected chi connectivity index (χ3v) is 6.00. The van der Waals surface area contributed by atoms with Crippen molar-refractivity contribution in [2.75, 3.05) is 0 Å². The number of amides is 1. The SMILES string of the molecule is CC[C@@H](C(=O)NCc1ccccn1)n1c(Cc2ccccc2F)nc2cc(Cl)c(Cl)cc21.